The molecule has 0 saturated heterocycles. The molecule has 0 aromatic carbocycles. The first-order valence-corrected chi connectivity index (χ1v) is 7.02. The van der Waals surface area contributed by atoms with Crippen LogP contribution in [0.4, 0.5) is 4.79 Å². The number of rotatable bonds is 9. The van der Waals surface area contributed by atoms with Crippen LogP contribution < -0.4 is 5.32 Å². The molecule has 1 atom stereocenters. The maximum absolute atomic E-state index is 11.4. The molecule has 0 aromatic heterocycles. The van der Waals surface area contributed by atoms with Gasteiger partial charge in [-0.2, -0.15) is 0 Å². The number of alkyl carbamates (subject to hydrolysis) is 1. The quantitative estimate of drug-likeness (QED) is 0.619. The molecule has 3 heteroatoms. The van der Waals surface area contributed by atoms with E-state index >= 15 is 0 Å². The van der Waals surface area contributed by atoms with E-state index in [2.05, 4.69) is 12.2 Å². The molecule has 1 N–H and O–H groups in total. The van der Waals surface area contributed by atoms with E-state index in [-0.39, 0.29) is 12.2 Å². The minimum Gasteiger partial charge on any atom is -0.446 e. The summed E-state index contributed by atoms with van der Waals surface area (Å²) >= 11 is 0. The number of amides is 1. The summed E-state index contributed by atoms with van der Waals surface area (Å²) in [6, 6.07) is 0. The highest BCUT2D eigenvalue weighted by atomic mass is 16.6. The zero-order valence-electron chi connectivity index (χ0n) is 11.9. The minimum atomic E-state index is -0.278. The van der Waals surface area contributed by atoms with Gasteiger partial charge in [0.15, 0.2) is 0 Å². The van der Waals surface area contributed by atoms with Gasteiger partial charge < -0.3 is 10.1 Å². The number of hydrogen-bond acceptors (Lipinski definition) is 2. The van der Waals surface area contributed by atoms with Gasteiger partial charge in [-0.05, 0) is 19.3 Å². The number of unbranched alkanes of at least 4 members (excludes halogenated alkanes) is 5. The fourth-order valence-electron chi connectivity index (χ4n) is 1.44. The molecule has 0 radical (unpaired) electrons. The van der Waals surface area contributed by atoms with Crippen molar-refractivity contribution in [2.24, 2.45) is 5.92 Å². The first kappa shape index (κ1) is 16.3. The van der Waals surface area contributed by atoms with Crippen LogP contribution in [-0.4, -0.2) is 18.7 Å². The standard InChI is InChI=1S/C14H29NO2/c1-5-6-7-8-9-10-11-15-14(16)17-13(4)12(2)3/h12-13H,5-11H2,1-4H3,(H,15,16)/t13-/m1/s1. The Kier molecular flexibility index (Phi) is 9.98. The highest BCUT2D eigenvalue weighted by Gasteiger charge is 2.11. The molecule has 0 bridgehead atoms. The Morgan fingerprint density at radius 3 is 2.24 bits per heavy atom. The van der Waals surface area contributed by atoms with E-state index in [0.29, 0.717) is 5.92 Å². The molecule has 0 aliphatic rings. The second-order valence-electron chi connectivity index (χ2n) is 5.05. The summed E-state index contributed by atoms with van der Waals surface area (Å²) in [5.74, 6) is 0.370. The Labute approximate surface area is 106 Å². The molecule has 0 aliphatic heterocycles. The van der Waals surface area contributed by atoms with Crippen LogP contribution in [-0.2, 0) is 4.74 Å². The van der Waals surface area contributed by atoms with E-state index in [1.807, 2.05) is 20.8 Å². The molecule has 3 nitrogen and oxygen atoms in total. The van der Waals surface area contributed by atoms with Crippen molar-refractivity contribution in [3.05, 3.63) is 0 Å². The summed E-state index contributed by atoms with van der Waals surface area (Å²) < 4.78 is 5.21. The lowest BCUT2D eigenvalue weighted by Crippen LogP contribution is -2.30. The van der Waals surface area contributed by atoms with Crippen molar-refractivity contribution in [1.29, 1.82) is 0 Å². The Balaban J connectivity index is 3.33. The summed E-state index contributed by atoms with van der Waals surface area (Å²) in [4.78, 5) is 11.4. The van der Waals surface area contributed by atoms with Crippen LogP contribution in [0, 0.1) is 5.92 Å². The third kappa shape index (κ3) is 10.2. The Morgan fingerprint density at radius 2 is 1.65 bits per heavy atom. The predicted octanol–water partition coefficient (Wildman–Crippen LogP) is 4.12. The maximum atomic E-state index is 11.4. The lowest BCUT2D eigenvalue weighted by Gasteiger charge is -2.16. The predicted molar refractivity (Wildman–Crippen MR) is 72.2 cm³/mol. The first-order valence-electron chi connectivity index (χ1n) is 7.02. The van der Waals surface area contributed by atoms with Gasteiger partial charge in [0, 0.05) is 6.54 Å². The van der Waals surface area contributed by atoms with Crippen LogP contribution in [0.5, 0.6) is 0 Å². The van der Waals surface area contributed by atoms with Gasteiger partial charge >= 0.3 is 6.09 Å². The van der Waals surface area contributed by atoms with E-state index in [0.717, 1.165) is 13.0 Å². The molecule has 17 heavy (non-hydrogen) atoms. The van der Waals surface area contributed by atoms with Crippen LogP contribution >= 0.6 is 0 Å². The van der Waals surface area contributed by atoms with Gasteiger partial charge in [0.05, 0.1) is 0 Å². The van der Waals surface area contributed by atoms with E-state index in [4.69, 9.17) is 4.74 Å². The second kappa shape index (κ2) is 10.4. The van der Waals surface area contributed by atoms with Crippen molar-refractivity contribution >= 4 is 6.09 Å². The fourth-order valence-corrected chi connectivity index (χ4v) is 1.44. The normalized spacial score (nSPS) is 12.5. The Morgan fingerprint density at radius 1 is 1.06 bits per heavy atom. The first-order chi connectivity index (χ1) is 8.07. The second-order valence-corrected chi connectivity index (χ2v) is 5.05. The van der Waals surface area contributed by atoms with Crippen LogP contribution in [0.15, 0.2) is 0 Å². The van der Waals surface area contributed by atoms with Gasteiger partial charge in [0.1, 0.15) is 6.10 Å². The smallest absolute Gasteiger partial charge is 0.407 e. The number of hydrogen-bond donors (Lipinski definition) is 1. The largest absolute Gasteiger partial charge is 0.446 e. The van der Waals surface area contributed by atoms with Crippen LogP contribution in [0.25, 0.3) is 0 Å². The molecule has 0 spiro atoms. The maximum Gasteiger partial charge on any atom is 0.407 e. The van der Waals surface area contributed by atoms with Gasteiger partial charge in [0.2, 0.25) is 0 Å². The fraction of sp³-hybridized carbons (Fsp3) is 0.929. The average molecular weight is 243 g/mol. The van der Waals surface area contributed by atoms with Gasteiger partial charge in [-0.3, -0.25) is 0 Å². The molecule has 1 amide bonds. The summed E-state index contributed by atoms with van der Waals surface area (Å²) in [6.07, 6.45) is 7.13. The molecule has 0 saturated carbocycles. The number of carbonyl (C=O) groups excluding carboxylic acids is 1. The number of nitrogens with one attached hydrogen (secondary N) is 1. The third-order valence-corrected chi connectivity index (χ3v) is 3.03. The zero-order valence-corrected chi connectivity index (χ0v) is 11.9. The van der Waals surface area contributed by atoms with Crippen molar-refractivity contribution in [3.63, 3.8) is 0 Å². The summed E-state index contributed by atoms with van der Waals surface area (Å²) in [6.45, 7) is 8.97. The number of ether oxygens (including phenoxy) is 1. The topological polar surface area (TPSA) is 38.3 Å². The highest BCUT2D eigenvalue weighted by Crippen LogP contribution is 2.06. The molecule has 0 rings (SSSR count). The van der Waals surface area contributed by atoms with Crippen molar-refractivity contribution < 1.29 is 9.53 Å². The van der Waals surface area contributed by atoms with E-state index in [1.54, 1.807) is 0 Å². The van der Waals surface area contributed by atoms with Crippen molar-refractivity contribution in [1.82, 2.24) is 5.32 Å². The molecule has 102 valence electrons. The van der Waals surface area contributed by atoms with Gasteiger partial charge in [-0.25, -0.2) is 4.79 Å². The molecular formula is C14H29NO2. The van der Waals surface area contributed by atoms with Gasteiger partial charge in [0.25, 0.3) is 0 Å². The van der Waals surface area contributed by atoms with Gasteiger partial charge in [-0.1, -0.05) is 52.9 Å². The third-order valence-electron chi connectivity index (χ3n) is 3.03. The monoisotopic (exact) mass is 243 g/mol. The van der Waals surface area contributed by atoms with Crippen LogP contribution in [0.2, 0.25) is 0 Å². The molecule has 0 unspecified atom stereocenters. The Bertz CT molecular complexity index is 193. The minimum absolute atomic E-state index is 0.0143. The average Bonchev–Trinajstić information content (AvgIpc) is 2.27. The lowest BCUT2D eigenvalue weighted by atomic mass is 10.1. The molecule has 0 aromatic rings. The molecule has 0 aliphatic carbocycles. The van der Waals surface area contributed by atoms with Crippen molar-refractivity contribution in [2.45, 2.75) is 72.3 Å². The van der Waals surface area contributed by atoms with E-state index in [9.17, 15) is 4.79 Å². The SMILES string of the molecule is CCCCCCCCNC(=O)O[C@H](C)C(C)C. The van der Waals surface area contributed by atoms with Crippen LogP contribution in [0.1, 0.15) is 66.2 Å². The Hall–Kier alpha value is -0.730. The number of carbonyl (C=O) groups is 1. The van der Waals surface area contributed by atoms with Crippen LogP contribution in [0.3, 0.4) is 0 Å². The lowest BCUT2D eigenvalue weighted by molar-refractivity contribution is 0.0821. The summed E-state index contributed by atoms with van der Waals surface area (Å²) in [7, 11) is 0. The van der Waals surface area contributed by atoms with Gasteiger partial charge in [-0.15, -0.1) is 0 Å². The zero-order chi connectivity index (χ0) is 13.1. The summed E-state index contributed by atoms with van der Waals surface area (Å²) in [5.41, 5.74) is 0. The molecule has 0 heterocycles. The summed E-state index contributed by atoms with van der Waals surface area (Å²) in [5, 5.41) is 2.80. The van der Waals surface area contributed by atoms with E-state index < -0.39 is 0 Å². The molecular weight excluding hydrogens is 214 g/mol. The highest BCUT2D eigenvalue weighted by molar-refractivity contribution is 5.67. The van der Waals surface area contributed by atoms with Crippen molar-refractivity contribution in [3.8, 4) is 0 Å². The molecule has 0 fully saturated rings. The van der Waals surface area contributed by atoms with E-state index in [1.165, 1.54) is 32.1 Å². The van der Waals surface area contributed by atoms with Crippen molar-refractivity contribution in [2.75, 3.05) is 6.54 Å².